The van der Waals surface area contributed by atoms with E-state index in [4.69, 9.17) is 4.18 Å². The summed E-state index contributed by atoms with van der Waals surface area (Å²) in [5.74, 6) is 0.917. The van der Waals surface area contributed by atoms with Gasteiger partial charge in [0.25, 0.3) is 0 Å². The first-order valence-corrected chi connectivity index (χ1v) is 5.50. The molecule has 0 aliphatic carbocycles. The molecule has 1 nitrogen and oxygen atoms in total. The largest absolute Gasteiger partial charge is 0.426 e. The van der Waals surface area contributed by atoms with Crippen molar-refractivity contribution in [3.05, 3.63) is 29.8 Å². The summed E-state index contributed by atoms with van der Waals surface area (Å²) < 4.78 is 5.29. The van der Waals surface area contributed by atoms with E-state index >= 15 is 0 Å². The van der Waals surface area contributed by atoms with Crippen molar-refractivity contribution >= 4 is 12.0 Å². The standard InChI is InChI=1S/C11H16OS/c1-11(2,3)9-5-7-10(8-6-9)12-13-4/h5-8H,1-4H3. The Kier molecular flexibility index (Phi) is 3.26. The summed E-state index contributed by atoms with van der Waals surface area (Å²) in [6.07, 6.45) is 1.91. The zero-order valence-corrected chi connectivity index (χ0v) is 9.44. The van der Waals surface area contributed by atoms with E-state index < -0.39 is 0 Å². The Morgan fingerprint density at radius 1 is 1.08 bits per heavy atom. The summed E-state index contributed by atoms with van der Waals surface area (Å²) in [6.45, 7) is 6.62. The molecule has 0 radical (unpaired) electrons. The van der Waals surface area contributed by atoms with Crippen molar-refractivity contribution in [2.75, 3.05) is 6.26 Å². The second kappa shape index (κ2) is 4.05. The maximum Gasteiger partial charge on any atom is 0.137 e. The Labute approximate surface area is 84.7 Å². The van der Waals surface area contributed by atoms with E-state index in [1.165, 1.54) is 17.6 Å². The van der Waals surface area contributed by atoms with Gasteiger partial charge < -0.3 is 4.18 Å². The molecule has 2 heteroatoms. The number of hydrogen-bond donors (Lipinski definition) is 0. The van der Waals surface area contributed by atoms with E-state index in [2.05, 4.69) is 32.9 Å². The van der Waals surface area contributed by atoms with Crippen LogP contribution in [0.2, 0.25) is 0 Å². The van der Waals surface area contributed by atoms with Crippen molar-refractivity contribution in [2.45, 2.75) is 26.2 Å². The first kappa shape index (κ1) is 10.5. The average Bonchev–Trinajstić information content (AvgIpc) is 2.04. The predicted octanol–water partition coefficient (Wildman–Crippen LogP) is 3.64. The molecule has 0 saturated carbocycles. The molecule has 0 spiro atoms. The van der Waals surface area contributed by atoms with Gasteiger partial charge in [-0.15, -0.1) is 0 Å². The van der Waals surface area contributed by atoms with Gasteiger partial charge in [0.1, 0.15) is 5.75 Å². The highest BCUT2D eigenvalue weighted by atomic mass is 32.2. The molecule has 0 aliphatic heterocycles. The summed E-state index contributed by atoms with van der Waals surface area (Å²) in [4.78, 5) is 0. The Morgan fingerprint density at radius 3 is 2.00 bits per heavy atom. The lowest BCUT2D eigenvalue weighted by atomic mass is 9.87. The SMILES string of the molecule is CSOc1ccc(C(C)(C)C)cc1. The fourth-order valence-corrected chi connectivity index (χ4v) is 1.41. The molecule has 1 rings (SSSR count). The van der Waals surface area contributed by atoms with Gasteiger partial charge in [0.15, 0.2) is 0 Å². The van der Waals surface area contributed by atoms with Crippen molar-refractivity contribution in [3.63, 3.8) is 0 Å². The zero-order chi connectivity index (χ0) is 9.90. The van der Waals surface area contributed by atoms with E-state index in [0.29, 0.717) is 0 Å². The molecule has 13 heavy (non-hydrogen) atoms. The fourth-order valence-electron chi connectivity index (χ4n) is 1.11. The lowest BCUT2D eigenvalue weighted by Crippen LogP contribution is -2.10. The summed E-state index contributed by atoms with van der Waals surface area (Å²) >= 11 is 1.37. The molecule has 0 N–H and O–H groups in total. The molecule has 0 saturated heterocycles. The molecule has 0 aromatic heterocycles. The second-order valence-corrected chi connectivity index (χ2v) is 4.52. The minimum atomic E-state index is 0.220. The Morgan fingerprint density at radius 2 is 1.62 bits per heavy atom. The van der Waals surface area contributed by atoms with Gasteiger partial charge in [-0.05, 0) is 23.1 Å². The molecular formula is C11H16OS. The van der Waals surface area contributed by atoms with E-state index in [9.17, 15) is 0 Å². The van der Waals surface area contributed by atoms with E-state index in [-0.39, 0.29) is 5.41 Å². The van der Waals surface area contributed by atoms with Crippen LogP contribution >= 0.6 is 12.0 Å². The van der Waals surface area contributed by atoms with Gasteiger partial charge in [0.2, 0.25) is 0 Å². The van der Waals surface area contributed by atoms with E-state index in [1.807, 2.05) is 18.4 Å². The van der Waals surface area contributed by atoms with Crippen LogP contribution in [0.15, 0.2) is 24.3 Å². The molecule has 0 amide bonds. The van der Waals surface area contributed by atoms with Crippen molar-refractivity contribution in [1.29, 1.82) is 0 Å². The quantitative estimate of drug-likeness (QED) is 0.668. The molecule has 1 aromatic carbocycles. The van der Waals surface area contributed by atoms with Crippen LogP contribution in [-0.4, -0.2) is 6.26 Å². The Bertz CT molecular complexity index is 258. The van der Waals surface area contributed by atoms with Gasteiger partial charge in [-0.2, -0.15) is 0 Å². The van der Waals surface area contributed by atoms with Crippen LogP contribution < -0.4 is 4.18 Å². The highest BCUT2D eigenvalue weighted by molar-refractivity contribution is 7.94. The van der Waals surface area contributed by atoms with Crippen LogP contribution in [0.1, 0.15) is 26.3 Å². The van der Waals surface area contributed by atoms with Gasteiger partial charge in [-0.3, -0.25) is 0 Å². The molecule has 0 fully saturated rings. The lowest BCUT2D eigenvalue weighted by molar-refractivity contribution is 0.587. The lowest BCUT2D eigenvalue weighted by Gasteiger charge is -2.18. The number of hydrogen-bond acceptors (Lipinski definition) is 2. The molecule has 1 aromatic rings. The number of rotatable bonds is 2. The van der Waals surface area contributed by atoms with Gasteiger partial charge in [-0.25, -0.2) is 0 Å². The maximum atomic E-state index is 5.29. The van der Waals surface area contributed by atoms with Gasteiger partial charge in [0.05, 0.1) is 12.0 Å². The maximum absolute atomic E-state index is 5.29. The molecule has 0 bridgehead atoms. The van der Waals surface area contributed by atoms with Gasteiger partial charge >= 0.3 is 0 Å². The van der Waals surface area contributed by atoms with Gasteiger partial charge in [0, 0.05) is 6.26 Å². The fraction of sp³-hybridized carbons (Fsp3) is 0.455. The third kappa shape index (κ3) is 2.96. The third-order valence-electron chi connectivity index (χ3n) is 1.90. The van der Waals surface area contributed by atoms with Crippen LogP contribution in [0.5, 0.6) is 5.75 Å². The van der Waals surface area contributed by atoms with Crippen LogP contribution in [-0.2, 0) is 5.41 Å². The monoisotopic (exact) mass is 196 g/mol. The smallest absolute Gasteiger partial charge is 0.137 e. The van der Waals surface area contributed by atoms with Crippen molar-refractivity contribution in [3.8, 4) is 5.75 Å². The summed E-state index contributed by atoms with van der Waals surface area (Å²) in [5.41, 5.74) is 1.55. The third-order valence-corrected chi connectivity index (χ3v) is 2.26. The van der Waals surface area contributed by atoms with Crippen LogP contribution in [0.4, 0.5) is 0 Å². The summed E-state index contributed by atoms with van der Waals surface area (Å²) in [7, 11) is 0. The Hall–Kier alpha value is -0.630. The minimum absolute atomic E-state index is 0.220. The predicted molar refractivity (Wildman–Crippen MR) is 59.3 cm³/mol. The summed E-state index contributed by atoms with van der Waals surface area (Å²) in [6, 6.07) is 8.26. The van der Waals surface area contributed by atoms with Crippen LogP contribution in [0, 0.1) is 0 Å². The molecule has 0 atom stereocenters. The van der Waals surface area contributed by atoms with Crippen molar-refractivity contribution < 1.29 is 4.18 Å². The Balaban J connectivity index is 2.81. The van der Waals surface area contributed by atoms with Crippen LogP contribution in [0.25, 0.3) is 0 Å². The zero-order valence-electron chi connectivity index (χ0n) is 8.63. The molecule has 0 unspecified atom stereocenters. The van der Waals surface area contributed by atoms with E-state index in [1.54, 1.807) is 0 Å². The normalized spacial score (nSPS) is 11.4. The highest BCUT2D eigenvalue weighted by Crippen LogP contribution is 2.24. The van der Waals surface area contributed by atoms with E-state index in [0.717, 1.165) is 5.75 Å². The van der Waals surface area contributed by atoms with Gasteiger partial charge in [-0.1, -0.05) is 32.9 Å². The minimum Gasteiger partial charge on any atom is -0.426 e. The number of benzene rings is 1. The van der Waals surface area contributed by atoms with Crippen molar-refractivity contribution in [1.82, 2.24) is 0 Å². The highest BCUT2D eigenvalue weighted by Gasteiger charge is 2.12. The topological polar surface area (TPSA) is 9.23 Å². The second-order valence-electron chi connectivity index (χ2n) is 4.02. The van der Waals surface area contributed by atoms with Crippen LogP contribution in [0.3, 0.4) is 0 Å². The molecule has 0 heterocycles. The first-order chi connectivity index (χ1) is 6.04. The summed E-state index contributed by atoms with van der Waals surface area (Å²) in [5, 5.41) is 0. The first-order valence-electron chi connectivity index (χ1n) is 4.35. The molecule has 72 valence electrons. The molecular weight excluding hydrogens is 180 g/mol. The van der Waals surface area contributed by atoms with Crippen molar-refractivity contribution in [2.24, 2.45) is 0 Å². The average molecular weight is 196 g/mol. The molecule has 0 aliphatic rings.